The van der Waals surface area contributed by atoms with Gasteiger partial charge in [0, 0.05) is 11.9 Å². The molecule has 0 radical (unpaired) electrons. The average Bonchev–Trinajstić information content (AvgIpc) is 3.18. The molecule has 0 aliphatic rings. The Morgan fingerprint density at radius 2 is 2.28 bits per heavy atom. The quantitative estimate of drug-likeness (QED) is 0.177. The van der Waals surface area contributed by atoms with Gasteiger partial charge in [0.15, 0.2) is 17.5 Å². The van der Waals surface area contributed by atoms with Gasteiger partial charge < -0.3 is 31.6 Å². The zero-order chi connectivity index (χ0) is 18.2. The molecule has 0 spiro atoms. The summed E-state index contributed by atoms with van der Waals surface area (Å²) in [6, 6.07) is 3.45. The summed E-state index contributed by atoms with van der Waals surface area (Å²) in [5, 5.41) is 27.1. The molecule has 0 atom stereocenters. The van der Waals surface area contributed by atoms with Gasteiger partial charge in [-0.05, 0) is 12.1 Å². The van der Waals surface area contributed by atoms with E-state index < -0.39 is 4.92 Å². The van der Waals surface area contributed by atoms with Crippen molar-refractivity contribution in [2.45, 2.75) is 6.54 Å². The second kappa shape index (κ2) is 8.65. The number of nitro groups is 1. The van der Waals surface area contributed by atoms with Crippen molar-refractivity contribution in [1.29, 1.82) is 0 Å². The summed E-state index contributed by atoms with van der Waals surface area (Å²) in [6.45, 7) is 0.245. The lowest BCUT2D eigenvalue weighted by atomic mass is 10.3. The highest BCUT2D eigenvalue weighted by molar-refractivity contribution is 7.13. The van der Waals surface area contributed by atoms with Crippen LogP contribution in [0.4, 0.5) is 5.13 Å². The zero-order valence-corrected chi connectivity index (χ0v) is 13.8. The van der Waals surface area contributed by atoms with Crippen molar-refractivity contribution in [2.75, 3.05) is 13.2 Å². The highest BCUT2D eigenvalue weighted by Crippen LogP contribution is 2.27. The highest BCUT2D eigenvalue weighted by atomic mass is 32.1. The van der Waals surface area contributed by atoms with Crippen LogP contribution in [0.15, 0.2) is 38.9 Å². The second-order valence-electron chi connectivity index (χ2n) is 4.65. The lowest BCUT2D eigenvalue weighted by Crippen LogP contribution is -2.29. The lowest BCUT2D eigenvalue weighted by Gasteiger charge is -2.08. The van der Waals surface area contributed by atoms with E-state index in [-0.39, 0.29) is 31.5 Å². The first-order chi connectivity index (χ1) is 12.0. The Morgan fingerprint density at radius 3 is 2.96 bits per heavy atom. The number of aliphatic hydroxyl groups excluding tert-OH is 1. The van der Waals surface area contributed by atoms with E-state index in [1.54, 1.807) is 17.5 Å². The Balaban J connectivity index is 2.02. The van der Waals surface area contributed by atoms with Crippen LogP contribution in [0.3, 0.4) is 0 Å². The molecule has 7 N–H and O–H groups in total. The molecule has 0 aliphatic heterocycles. The summed E-state index contributed by atoms with van der Waals surface area (Å²) in [6.07, 6.45) is 0.779. The minimum absolute atomic E-state index is 0.0780. The van der Waals surface area contributed by atoms with Crippen molar-refractivity contribution in [3.63, 3.8) is 0 Å². The molecule has 0 unspecified atom stereocenters. The van der Waals surface area contributed by atoms with Crippen LogP contribution in [0.2, 0.25) is 0 Å². The summed E-state index contributed by atoms with van der Waals surface area (Å²) in [7, 11) is 0. The normalized spacial score (nSPS) is 11.2. The van der Waals surface area contributed by atoms with Gasteiger partial charge in [-0.2, -0.15) is 4.99 Å². The Hall–Kier alpha value is -3.12. The van der Waals surface area contributed by atoms with Gasteiger partial charge in [-0.15, -0.1) is 11.3 Å². The standard InChI is InChI=1S/C13H17N7O4S/c14-12(15)19-13-18-9(7-25-13)10-2-1-8(24-10)5-17-11(6-20(22)23)16-3-4-21/h1-2,6-7,16-17,21H,3-5H2,(H4,14,15,18,19)/b11-6-. The maximum absolute atomic E-state index is 10.6. The van der Waals surface area contributed by atoms with Crippen LogP contribution in [0.5, 0.6) is 0 Å². The number of aliphatic hydroxyl groups is 1. The number of hydrogen-bond donors (Lipinski definition) is 5. The van der Waals surface area contributed by atoms with Gasteiger partial charge in [0.1, 0.15) is 11.5 Å². The van der Waals surface area contributed by atoms with Crippen LogP contribution < -0.4 is 22.1 Å². The van der Waals surface area contributed by atoms with Gasteiger partial charge in [0.2, 0.25) is 5.13 Å². The number of furan rings is 1. The summed E-state index contributed by atoms with van der Waals surface area (Å²) >= 11 is 1.26. The number of nitrogens with zero attached hydrogens (tertiary/aromatic N) is 3. The summed E-state index contributed by atoms with van der Waals surface area (Å²) in [5.41, 5.74) is 11.2. The van der Waals surface area contributed by atoms with Gasteiger partial charge in [0.05, 0.1) is 18.1 Å². The van der Waals surface area contributed by atoms with Gasteiger partial charge in [-0.25, -0.2) is 4.98 Å². The molecule has 2 aromatic rings. The summed E-state index contributed by atoms with van der Waals surface area (Å²) < 4.78 is 5.64. The fourth-order valence-electron chi connectivity index (χ4n) is 1.78. The van der Waals surface area contributed by atoms with E-state index >= 15 is 0 Å². The van der Waals surface area contributed by atoms with Gasteiger partial charge in [0.25, 0.3) is 6.20 Å². The maximum atomic E-state index is 10.6. The van der Waals surface area contributed by atoms with Crippen molar-refractivity contribution in [3.8, 4) is 11.5 Å². The third-order valence-corrected chi connectivity index (χ3v) is 3.48. The van der Waals surface area contributed by atoms with Gasteiger partial charge >= 0.3 is 0 Å². The van der Waals surface area contributed by atoms with E-state index in [1.807, 2.05) is 0 Å². The molecule has 2 aromatic heterocycles. The molecule has 0 saturated heterocycles. The minimum atomic E-state index is -0.596. The topological polar surface area (TPSA) is 178 Å². The van der Waals surface area contributed by atoms with E-state index in [1.165, 1.54) is 11.3 Å². The lowest BCUT2D eigenvalue weighted by molar-refractivity contribution is -0.404. The third-order valence-electron chi connectivity index (χ3n) is 2.75. The van der Waals surface area contributed by atoms with Crippen LogP contribution in [0.1, 0.15) is 5.76 Å². The molecule has 0 amide bonds. The number of nitrogens with one attached hydrogen (secondary N) is 2. The van der Waals surface area contributed by atoms with Crippen molar-refractivity contribution in [1.82, 2.24) is 15.6 Å². The van der Waals surface area contributed by atoms with Crippen LogP contribution in [0, 0.1) is 10.1 Å². The van der Waals surface area contributed by atoms with Crippen molar-refractivity contribution >= 4 is 22.4 Å². The van der Waals surface area contributed by atoms with E-state index in [0.29, 0.717) is 22.3 Å². The molecule has 0 aliphatic carbocycles. The van der Waals surface area contributed by atoms with Crippen molar-refractivity contribution < 1.29 is 14.4 Å². The van der Waals surface area contributed by atoms with E-state index in [2.05, 4.69) is 20.6 Å². The Bertz CT molecular complexity index is 779. The van der Waals surface area contributed by atoms with Crippen LogP contribution in [-0.2, 0) is 6.54 Å². The molecule has 134 valence electrons. The molecule has 0 fully saturated rings. The number of aromatic nitrogens is 1. The van der Waals surface area contributed by atoms with Crippen molar-refractivity contribution in [3.05, 3.63) is 45.4 Å². The number of rotatable bonds is 9. The van der Waals surface area contributed by atoms with E-state index in [0.717, 1.165) is 6.20 Å². The number of thiazole rings is 1. The Kier molecular flexibility index (Phi) is 6.31. The van der Waals surface area contributed by atoms with Crippen LogP contribution in [0.25, 0.3) is 11.5 Å². The first-order valence-corrected chi connectivity index (χ1v) is 7.94. The molecule has 11 nitrogen and oxygen atoms in total. The molecular weight excluding hydrogens is 350 g/mol. The highest BCUT2D eigenvalue weighted by Gasteiger charge is 2.10. The largest absolute Gasteiger partial charge is 0.458 e. The molecule has 0 aromatic carbocycles. The Morgan fingerprint density at radius 1 is 1.48 bits per heavy atom. The predicted molar refractivity (Wildman–Crippen MR) is 92.3 cm³/mol. The van der Waals surface area contributed by atoms with E-state index in [4.69, 9.17) is 21.0 Å². The molecule has 0 bridgehead atoms. The van der Waals surface area contributed by atoms with Crippen molar-refractivity contribution in [2.24, 2.45) is 16.5 Å². The SMILES string of the molecule is NC(N)=Nc1nc(-c2ccc(CN/C(=C\[N+](=O)[O-])NCCO)o2)cs1. The predicted octanol–water partition coefficient (Wildman–Crippen LogP) is 0.0551. The minimum Gasteiger partial charge on any atom is -0.458 e. The molecule has 2 rings (SSSR count). The number of guanidine groups is 1. The van der Waals surface area contributed by atoms with Crippen LogP contribution in [-0.4, -0.2) is 34.1 Å². The molecule has 0 saturated carbocycles. The van der Waals surface area contributed by atoms with Gasteiger partial charge in [-0.3, -0.25) is 10.1 Å². The monoisotopic (exact) mass is 367 g/mol. The number of nitrogens with two attached hydrogens (primary N) is 2. The zero-order valence-electron chi connectivity index (χ0n) is 13.0. The fraction of sp³-hybridized carbons (Fsp3) is 0.231. The first-order valence-electron chi connectivity index (χ1n) is 7.06. The average molecular weight is 367 g/mol. The molecule has 25 heavy (non-hydrogen) atoms. The van der Waals surface area contributed by atoms with E-state index in [9.17, 15) is 10.1 Å². The molecule has 2 heterocycles. The number of hydrogen-bond acceptors (Lipinski definition) is 9. The summed E-state index contributed by atoms with van der Waals surface area (Å²) in [5.74, 6) is 1.16. The molecular formula is C13H17N7O4S. The first kappa shape index (κ1) is 18.2. The molecule has 12 heteroatoms. The van der Waals surface area contributed by atoms with Gasteiger partial charge in [-0.1, -0.05) is 0 Å². The third kappa shape index (κ3) is 5.78. The van der Waals surface area contributed by atoms with Crippen LogP contribution >= 0.6 is 11.3 Å². The summed E-state index contributed by atoms with van der Waals surface area (Å²) in [4.78, 5) is 18.1. The number of aliphatic imine (C=N–C) groups is 1. The maximum Gasteiger partial charge on any atom is 0.274 e. The smallest absolute Gasteiger partial charge is 0.274 e. The second-order valence-corrected chi connectivity index (χ2v) is 5.49. The fourth-order valence-corrected chi connectivity index (χ4v) is 2.48. The Labute approximate surface area is 146 Å².